The summed E-state index contributed by atoms with van der Waals surface area (Å²) in [7, 11) is 3.72. The zero-order valence-electron chi connectivity index (χ0n) is 16.0. The molecule has 0 aliphatic carbocycles. The van der Waals surface area contributed by atoms with Crippen molar-refractivity contribution >= 4 is 5.97 Å². The summed E-state index contributed by atoms with van der Waals surface area (Å²) in [5.41, 5.74) is 0.470. The molecule has 4 nitrogen and oxygen atoms in total. The van der Waals surface area contributed by atoms with Crippen LogP contribution < -0.4 is 0 Å². The third-order valence-corrected chi connectivity index (χ3v) is 5.04. The van der Waals surface area contributed by atoms with Gasteiger partial charge in [0.05, 0.1) is 0 Å². The molecule has 4 rings (SSSR count). The first-order valence-corrected chi connectivity index (χ1v) is 9.30. The van der Waals surface area contributed by atoms with E-state index in [4.69, 9.17) is 9.47 Å². The number of ether oxygens (including phenoxy) is 2. The van der Waals surface area contributed by atoms with Crippen LogP contribution in [0.2, 0.25) is 0 Å². The molecule has 0 aromatic heterocycles. The predicted octanol–water partition coefficient (Wildman–Crippen LogP) is 3.92. The molecule has 3 aromatic rings. The summed E-state index contributed by atoms with van der Waals surface area (Å²) >= 11 is 0. The number of hydrogen-bond acceptors (Lipinski definition) is 4. The maximum atomic E-state index is 13.4. The smallest absolute Gasteiger partial charge is 0.348 e. The van der Waals surface area contributed by atoms with Gasteiger partial charge in [-0.05, 0) is 30.8 Å². The number of epoxide rings is 1. The maximum absolute atomic E-state index is 13.4. The number of carbonyl (C=O) groups is 1. The maximum Gasteiger partial charge on any atom is 0.348 e. The van der Waals surface area contributed by atoms with Gasteiger partial charge in [0.15, 0.2) is 5.60 Å². The number of benzene rings is 3. The van der Waals surface area contributed by atoms with E-state index in [2.05, 4.69) is 0 Å². The van der Waals surface area contributed by atoms with Crippen LogP contribution in [0.1, 0.15) is 16.7 Å². The Hall–Kier alpha value is -2.95. The van der Waals surface area contributed by atoms with E-state index < -0.39 is 11.2 Å². The molecule has 1 atom stereocenters. The molecule has 3 aromatic carbocycles. The van der Waals surface area contributed by atoms with Crippen LogP contribution in [-0.2, 0) is 25.5 Å². The lowest BCUT2D eigenvalue weighted by Crippen LogP contribution is -2.35. The van der Waals surface area contributed by atoms with E-state index in [9.17, 15) is 4.79 Å². The molecule has 0 amide bonds. The molecule has 1 unspecified atom stereocenters. The van der Waals surface area contributed by atoms with Crippen molar-refractivity contribution in [3.05, 3.63) is 108 Å². The average Bonchev–Trinajstić information content (AvgIpc) is 3.47. The first kappa shape index (κ1) is 18.4. The quantitative estimate of drug-likeness (QED) is 0.373. The lowest BCUT2D eigenvalue weighted by atomic mass is 9.77. The van der Waals surface area contributed by atoms with Gasteiger partial charge in [-0.25, -0.2) is 4.79 Å². The van der Waals surface area contributed by atoms with E-state index in [-0.39, 0.29) is 12.7 Å². The van der Waals surface area contributed by atoms with Crippen LogP contribution in [0.15, 0.2) is 91.0 Å². The Morgan fingerprint density at radius 2 is 1.21 bits per heavy atom. The normalized spacial score (nSPS) is 20.0. The molecule has 4 heteroatoms. The summed E-state index contributed by atoms with van der Waals surface area (Å²) < 4.78 is 12.1. The van der Waals surface area contributed by atoms with Crippen LogP contribution in [0.4, 0.5) is 0 Å². The highest BCUT2D eigenvalue weighted by Crippen LogP contribution is 2.66. The molecule has 0 bridgehead atoms. The molecule has 1 fully saturated rings. The molecule has 28 heavy (non-hydrogen) atoms. The first-order chi connectivity index (χ1) is 13.6. The predicted molar refractivity (Wildman–Crippen MR) is 108 cm³/mol. The van der Waals surface area contributed by atoms with Gasteiger partial charge in [-0.1, -0.05) is 91.0 Å². The second-order valence-corrected chi connectivity index (χ2v) is 7.20. The average molecular weight is 373 g/mol. The fourth-order valence-corrected chi connectivity index (χ4v) is 3.77. The number of rotatable bonds is 6. The van der Waals surface area contributed by atoms with Crippen molar-refractivity contribution < 1.29 is 14.3 Å². The standard InChI is InChI=1S/C24H23NO3/c1-25(2)18-27-22(26)24(21-16-10-5-11-17-21)23(28-24,19-12-6-3-7-13-19)20-14-8-4-9-15-20/h3-17H,18H2,1-2H3. The molecular formula is C24H23NO3. The molecular weight excluding hydrogens is 350 g/mol. The van der Waals surface area contributed by atoms with E-state index >= 15 is 0 Å². The molecule has 1 heterocycles. The summed E-state index contributed by atoms with van der Waals surface area (Å²) in [6, 6.07) is 29.3. The van der Waals surface area contributed by atoms with Gasteiger partial charge in [0.1, 0.15) is 6.73 Å². The number of nitrogens with zero attached hydrogens (tertiary/aromatic N) is 1. The van der Waals surface area contributed by atoms with Crippen LogP contribution in [0, 0.1) is 0 Å². The zero-order chi connectivity index (χ0) is 19.6. The molecule has 0 saturated carbocycles. The fourth-order valence-electron chi connectivity index (χ4n) is 3.77. The van der Waals surface area contributed by atoms with Gasteiger partial charge in [0, 0.05) is 0 Å². The van der Waals surface area contributed by atoms with Crippen LogP contribution >= 0.6 is 0 Å². The van der Waals surface area contributed by atoms with Gasteiger partial charge < -0.3 is 9.47 Å². The summed E-state index contributed by atoms with van der Waals surface area (Å²) in [5.74, 6) is -0.389. The van der Waals surface area contributed by atoms with Crippen molar-refractivity contribution in [2.45, 2.75) is 11.2 Å². The van der Waals surface area contributed by atoms with Crippen molar-refractivity contribution in [3.63, 3.8) is 0 Å². The first-order valence-electron chi connectivity index (χ1n) is 9.30. The Balaban J connectivity index is 1.90. The lowest BCUT2D eigenvalue weighted by Gasteiger charge is -2.21. The van der Waals surface area contributed by atoms with Crippen LogP contribution in [-0.4, -0.2) is 31.7 Å². The van der Waals surface area contributed by atoms with Crippen molar-refractivity contribution in [1.29, 1.82) is 0 Å². The number of hydrogen-bond donors (Lipinski definition) is 0. The van der Waals surface area contributed by atoms with Gasteiger partial charge in [-0.15, -0.1) is 0 Å². The Kier molecular flexibility index (Phi) is 4.75. The highest BCUT2D eigenvalue weighted by atomic mass is 16.7. The van der Waals surface area contributed by atoms with Crippen molar-refractivity contribution in [2.24, 2.45) is 0 Å². The Labute approximate surface area is 165 Å². The summed E-state index contributed by atoms with van der Waals surface area (Å²) in [6.45, 7) is 0.191. The molecule has 1 saturated heterocycles. The van der Waals surface area contributed by atoms with E-state index in [1.54, 1.807) is 0 Å². The Morgan fingerprint density at radius 1 is 0.786 bits per heavy atom. The van der Waals surface area contributed by atoms with Crippen LogP contribution in [0.25, 0.3) is 0 Å². The minimum atomic E-state index is -1.23. The van der Waals surface area contributed by atoms with Crippen molar-refractivity contribution in [1.82, 2.24) is 4.90 Å². The van der Waals surface area contributed by atoms with E-state index in [1.807, 2.05) is 110 Å². The number of esters is 1. The van der Waals surface area contributed by atoms with Crippen molar-refractivity contribution in [3.8, 4) is 0 Å². The molecule has 0 radical (unpaired) electrons. The van der Waals surface area contributed by atoms with Gasteiger partial charge in [-0.2, -0.15) is 0 Å². The second-order valence-electron chi connectivity index (χ2n) is 7.20. The molecule has 0 N–H and O–H groups in total. The van der Waals surface area contributed by atoms with Gasteiger partial charge in [-0.3, -0.25) is 4.90 Å². The van der Waals surface area contributed by atoms with E-state index in [1.165, 1.54) is 0 Å². The van der Waals surface area contributed by atoms with E-state index in [0.717, 1.165) is 16.7 Å². The highest BCUT2D eigenvalue weighted by molar-refractivity contribution is 5.89. The largest absolute Gasteiger partial charge is 0.447 e. The summed E-state index contributed by atoms with van der Waals surface area (Å²) in [4.78, 5) is 15.2. The summed E-state index contributed by atoms with van der Waals surface area (Å²) in [6.07, 6.45) is 0. The fraction of sp³-hybridized carbons (Fsp3) is 0.208. The van der Waals surface area contributed by atoms with Crippen molar-refractivity contribution in [2.75, 3.05) is 20.8 Å². The minimum Gasteiger partial charge on any atom is -0.447 e. The van der Waals surface area contributed by atoms with E-state index in [0.29, 0.717) is 0 Å². The Morgan fingerprint density at radius 3 is 1.64 bits per heavy atom. The summed E-state index contributed by atoms with van der Waals surface area (Å²) in [5, 5.41) is 0. The monoisotopic (exact) mass is 373 g/mol. The molecule has 142 valence electrons. The van der Waals surface area contributed by atoms with Crippen LogP contribution in [0.3, 0.4) is 0 Å². The second kappa shape index (κ2) is 7.23. The topological polar surface area (TPSA) is 42.1 Å². The number of carbonyl (C=O) groups excluding carboxylic acids is 1. The van der Waals surface area contributed by atoms with Gasteiger partial charge >= 0.3 is 5.97 Å². The Bertz CT molecular complexity index is 902. The lowest BCUT2D eigenvalue weighted by molar-refractivity contribution is -0.154. The van der Waals surface area contributed by atoms with Gasteiger partial charge in [0.2, 0.25) is 5.60 Å². The van der Waals surface area contributed by atoms with Crippen LogP contribution in [0.5, 0.6) is 0 Å². The molecule has 0 spiro atoms. The highest BCUT2D eigenvalue weighted by Gasteiger charge is 2.78. The SMILES string of the molecule is CN(C)COC(=O)C1(c2ccccc2)OC1(c1ccccc1)c1ccccc1. The third kappa shape index (κ3) is 2.82. The molecule has 1 aliphatic rings. The molecule has 1 aliphatic heterocycles. The van der Waals surface area contributed by atoms with Gasteiger partial charge in [0.25, 0.3) is 0 Å². The zero-order valence-corrected chi connectivity index (χ0v) is 16.0. The third-order valence-electron chi connectivity index (χ3n) is 5.04. The minimum absolute atomic E-state index is 0.191.